The zero-order valence-electron chi connectivity index (χ0n) is 24.5. The van der Waals surface area contributed by atoms with E-state index in [0.717, 1.165) is 71.7 Å². The minimum absolute atomic E-state index is 0.600. The molecule has 0 aliphatic rings. The van der Waals surface area contributed by atoms with Crippen molar-refractivity contribution in [1.82, 2.24) is 29.9 Å². The van der Waals surface area contributed by atoms with Crippen LogP contribution >= 0.6 is 0 Å². The van der Waals surface area contributed by atoms with Crippen LogP contribution in [-0.4, -0.2) is 29.9 Å². The molecule has 0 aliphatic heterocycles. The summed E-state index contributed by atoms with van der Waals surface area (Å²) >= 11 is 0. The van der Waals surface area contributed by atoms with Crippen LogP contribution in [0.3, 0.4) is 0 Å². The van der Waals surface area contributed by atoms with Crippen LogP contribution in [0.2, 0.25) is 0 Å². The number of benzene rings is 4. The van der Waals surface area contributed by atoms with Gasteiger partial charge in [-0.25, -0.2) is 19.9 Å². The van der Waals surface area contributed by atoms with E-state index < -0.39 is 0 Å². The van der Waals surface area contributed by atoms with Crippen molar-refractivity contribution in [2.24, 2.45) is 0 Å². The summed E-state index contributed by atoms with van der Waals surface area (Å²) in [6.07, 6.45) is 3.61. The van der Waals surface area contributed by atoms with Crippen LogP contribution in [0.4, 0.5) is 0 Å². The molecule has 0 spiro atoms. The van der Waals surface area contributed by atoms with Gasteiger partial charge in [0.25, 0.3) is 0 Å². The Morgan fingerprint density at radius 3 is 1.30 bits per heavy atom. The SMILES string of the molecule is c1ccc(-c2ccc(-c3nc(-c4ccc5ccc6cccnc6c5n4)cc(-c4ccc5ccc6cccnc6c5n4)n3)cc2)cc1. The summed E-state index contributed by atoms with van der Waals surface area (Å²) in [5.41, 5.74) is 9.50. The first-order chi connectivity index (χ1) is 22.8. The van der Waals surface area contributed by atoms with Crippen molar-refractivity contribution in [2.45, 2.75) is 0 Å². The molecule has 214 valence electrons. The van der Waals surface area contributed by atoms with Gasteiger partial charge in [-0.2, -0.15) is 0 Å². The molecular weight excluding hydrogens is 564 g/mol. The number of hydrogen-bond acceptors (Lipinski definition) is 6. The second-order valence-electron chi connectivity index (χ2n) is 11.2. The Morgan fingerprint density at radius 1 is 0.304 bits per heavy atom. The molecule has 4 aromatic carbocycles. The maximum Gasteiger partial charge on any atom is 0.160 e. The van der Waals surface area contributed by atoms with Crippen molar-refractivity contribution < 1.29 is 0 Å². The van der Waals surface area contributed by atoms with E-state index in [-0.39, 0.29) is 0 Å². The molecule has 0 bridgehead atoms. The van der Waals surface area contributed by atoms with Crippen LogP contribution in [0.15, 0.2) is 146 Å². The maximum atomic E-state index is 5.10. The van der Waals surface area contributed by atoms with Crippen molar-refractivity contribution in [3.63, 3.8) is 0 Å². The largest absolute Gasteiger partial charge is 0.254 e. The minimum Gasteiger partial charge on any atom is -0.254 e. The van der Waals surface area contributed by atoms with E-state index in [0.29, 0.717) is 17.2 Å². The zero-order chi connectivity index (χ0) is 30.5. The summed E-state index contributed by atoms with van der Waals surface area (Å²) in [4.78, 5) is 29.6. The van der Waals surface area contributed by atoms with E-state index in [1.54, 1.807) is 12.4 Å². The highest BCUT2D eigenvalue weighted by Crippen LogP contribution is 2.31. The normalized spacial score (nSPS) is 11.5. The molecule has 0 saturated carbocycles. The first-order valence-electron chi connectivity index (χ1n) is 15.1. The molecule has 0 radical (unpaired) electrons. The van der Waals surface area contributed by atoms with Gasteiger partial charge in [0.05, 0.1) is 44.8 Å². The Morgan fingerprint density at radius 2 is 0.761 bits per heavy atom. The molecule has 0 amide bonds. The fourth-order valence-electron chi connectivity index (χ4n) is 6.01. The lowest BCUT2D eigenvalue weighted by atomic mass is 10.0. The van der Waals surface area contributed by atoms with Gasteiger partial charge < -0.3 is 0 Å². The predicted octanol–water partition coefficient (Wildman–Crippen LogP) is 9.34. The summed E-state index contributed by atoms with van der Waals surface area (Å²) in [6, 6.07) is 45.2. The average Bonchev–Trinajstić information content (AvgIpc) is 3.14. The smallest absolute Gasteiger partial charge is 0.160 e. The van der Waals surface area contributed by atoms with Crippen molar-refractivity contribution in [3.05, 3.63) is 146 Å². The van der Waals surface area contributed by atoms with Crippen LogP contribution in [0, 0.1) is 0 Å². The number of nitrogens with zero attached hydrogens (tertiary/aromatic N) is 6. The lowest BCUT2D eigenvalue weighted by Crippen LogP contribution is -1.99. The molecule has 6 heteroatoms. The van der Waals surface area contributed by atoms with Crippen LogP contribution in [0.1, 0.15) is 0 Å². The Labute approximate surface area is 264 Å². The third-order valence-corrected chi connectivity index (χ3v) is 8.37. The highest BCUT2D eigenvalue weighted by Gasteiger charge is 2.15. The third-order valence-electron chi connectivity index (χ3n) is 8.37. The monoisotopic (exact) mass is 588 g/mol. The van der Waals surface area contributed by atoms with Crippen LogP contribution in [0.5, 0.6) is 0 Å². The van der Waals surface area contributed by atoms with E-state index in [4.69, 9.17) is 19.9 Å². The van der Waals surface area contributed by atoms with Gasteiger partial charge >= 0.3 is 0 Å². The van der Waals surface area contributed by atoms with E-state index in [1.807, 2.05) is 48.5 Å². The zero-order valence-corrected chi connectivity index (χ0v) is 24.5. The fraction of sp³-hybridized carbons (Fsp3) is 0. The lowest BCUT2D eigenvalue weighted by molar-refractivity contribution is 1.16. The Kier molecular flexibility index (Phi) is 6.03. The van der Waals surface area contributed by atoms with Crippen molar-refractivity contribution in [2.75, 3.05) is 0 Å². The van der Waals surface area contributed by atoms with E-state index >= 15 is 0 Å². The van der Waals surface area contributed by atoms with Gasteiger partial charge in [0.1, 0.15) is 0 Å². The first kappa shape index (κ1) is 26.0. The molecule has 0 N–H and O–H groups in total. The molecule has 9 aromatic rings. The highest BCUT2D eigenvalue weighted by molar-refractivity contribution is 6.04. The second kappa shape index (κ2) is 10.6. The van der Waals surface area contributed by atoms with Gasteiger partial charge in [-0.3, -0.25) is 9.97 Å². The molecule has 46 heavy (non-hydrogen) atoms. The molecular formula is C40H24N6. The quantitative estimate of drug-likeness (QED) is 0.191. The van der Waals surface area contributed by atoms with Crippen LogP contribution in [0.25, 0.3) is 88.9 Å². The standard InChI is InChI=1S/C40H24N6/c1-2-6-25(7-3-1)26-10-16-31(17-11-26)40-45-34(32-20-18-29-14-12-27-8-4-22-41-36(27)38(29)43-32)24-35(46-40)33-21-19-30-15-13-28-9-5-23-42-37(28)39(30)44-33/h1-24H. The van der Waals surface area contributed by atoms with E-state index in [1.165, 1.54) is 0 Å². The summed E-state index contributed by atoms with van der Waals surface area (Å²) in [5.74, 6) is 0.600. The number of hydrogen-bond donors (Lipinski definition) is 0. The van der Waals surface area contributed by atoms with Gasteiger partial charge in [-0.05, 0) is 41.5 Å². The number of aromatic nitrogens is 6. The molecule has 5 heterocycles. The third kappa shape index (κ3) is 4.52. The maximum absolute atomic E-state index is 5.10. The molecule has 0 fully saturated rings. The van der Waals surface area contributed by atoms with Crippen molar-refractivity contribution >= 4 is 43.6 Å². The summed E-state index contributed by atoms with van der Waals surface area (Å²) in [7, 11) is 0. The number of fused-ring (bicyclic) bond motifs is 6. The van der Waals surface area contributed by atoms with Crippen LogP contribution in [-0.2, 0) is 0 Å². The molecule has 0 atom stereocenters. The predicted molar refractivity (Wildman–Crippen MR) is 185 cm³/mol. The molecule has 0 saturated heterocycles. The molecule has 9 rings (SSSR count). The highest BCUT2D eigenvalue weighted by atomic mass is 14.9. The van der Waals surface area contributed by atoms with E-state index in [9.17, 15) is 0 Å². The van der Waals surface area contributed by atoms with Gasteiger partial charge in [0, 0.05) is 39.5 Å². The summed E-state index contributed by atoms with van der Waals surface area (Å²) < 4.78 is 0. The topological polar surface area (TPSA) is 77.3 Å². The molecule has 0 unspecified atom stereocenters. The minimum atomic E-state index is 0.600. The molecule has 6 nitrogen and oxygen atoms in total. The first-order valence-corrected chi connectivity index (χ1v) is 15.1. The Hall–Kier alpha value is -6.40. The Bertz CT molecular complexity index is 2440. The Balaban J connectivity index is 1.24. The van der Waals surface area contributed by atoms with Crippen LogP contribution < -0.4 is 0 Å². The number of pyridine rings is 4. The molecule has 0 aliphatic carbocycles. The average molecular weight is 589 g/mol. The number of rotatable bonds is 4. The lowest BCUT2D eigenvalue weighted by Gasteiger charge is -2.11. The van der Waals surface area contributed by atoms with E-state index in [2.05, 4.69) is 94.9 Å². The second-order valence-corrected chi connectivity index (χ2v) is 11.2. The summed E-state index contributed by atoms with van der Waals surface area (Å²) in [6.45, 7) is 0. The van der Waals surface area contributed by atoms with Crippen molar-refractivity contribution in [3.8, 4) is 45.3 Å². The van der Waals surface area contributed by atoms with Gasteiger partial charge in [0.15, 0.2) is 5.82 Å². The van der Waals surface area contributed by atoms with Gasteiger partial charge in [-0.1, -0.05) is 103 Å². The fourth-order valence-corrected chi connectivity index (χ4v) is 6.01. The van der Waals surface area contributed by atoms with Crippen molar-refractivity contribution in [1.29, 1.82) is 0 Å². The van der Waals surface area contributed by atoms with Gasteiger partial charge in [-0.15, -0.1) is 0 Å². The van der Waals surface area contributed by atoms with Gasteiger partial charge in [0.2, 0.25) is 0 Å². The molecule has 5 aromatic heterocycles. The summed E-state index contributed by atoms with van der Waals surface area (Å²) in [5, 5.41) is 4.14.